The zero-order valence-electron chi connectivity index (χ0n) is 14.1. The summed E-state index contributed by atoms with van der Waals surface area (Å²) in [5.41, 5.74) is 0.740. The molecule has 0 spiro atoms. The van der Waals surface area contributed by atoms with Crippen LogP contribution in [0.4, 0.5) is 5.69 Å². The first-order valence-electron chi connectivity index (χ1n) is 7.60. The number of nitrogens with one attached hydrogen (secondary N) is 2. The minimum Gasteiger partial charge on any atom is -0.383 e. The van der Waals surface area contributed by atoms with Gasteiger partial charge in [-0.05, 0) is 49.4 Å². The highest BCUT2D eigenvalue weighted by molar-refractivity contribution is 7.89. The molecule has 6 nitrogen and oxygen atoms in total. The highest BCUT2D eigenvalue weighted by Crippen LogP contribution is 2.23. The largest absolute Gasteiger partial charge is 0.383 e. The predicted octanol–water partition coefficient (Wildman–Crippen LogP) is 3.56. The van der Waals surface area contributed by atoms with E-state index >= 15 is 0 Å². The van der Waals surface area contributed by atoms with Crippen LogP contribution in [0.25, 0.3) is 0 Å². The summed E-state index contributed by atoms with van der Waals surface area (Å²) in [6, 6.07) is 9.88. The second kappa shape index (κ2) is 8.83. The molecule has 140 valence electrons. The van der Waals surface area contributed by atoms with Crippen molar-refractivity contribution in [1.29, 1.82) is 0 Å². The monoisotopic (exact) mass is 416 g/mol. The fraction of sp³-hybridized carbons (Fsp3) is 0.235. The highest BCUT2D eigenvalue weighted by atomic mass is 35.5. The van der Waals surface area contributed by atoms with E-state index in [1.807, 2.05) is 0 Å². The third kappa shape index (κ3) is 5.69. The number of ether oxygens (including phenoxy) is 1. The summed E-state index contributed by atoms with van der Waals surface area (Å²) in [6.07, 6.45) is 0. The zero-order valence-corrected chi connectivity index (χ0v) is 16.5. The molecule has 2 N–H and O–H groups in total. The number of hydrogen-bond acceptors (Lipinski definition) is 4. The van der Waals surface area contributed by atoms with E-state index in [-0.39, 0.29) is 17.5 Å². The highest BCUT2D eigenvalue weighted by Gasteiger charge is 2.18. The van der Waals surface area contributed by atoms with Crippen molar-refractivity contribution in [3.8, 4) is 0 Å². The molecular formula is C17H18Cl2N2O4S. The molecule has 0 fully saturated rings. The van der Waals surface area contributed by atoms with E-state index in [1.165, 1.54) is 31.4 Å². The summed E-state index contributed by atoms with van der Waals surface area (Å²) in [6.45, 7) is 1.95. The number of carbonyl (C=O) groups excluding carboxylic acids is 1. The summed E-state index contributed by atoms with van der Waals surface area (Å²) >= 11 is 11.8. The molecule has 0 aliphatic rings. The Morgan fingerprint density at radius 1 is 1.12 bits per heavy atom. The Kier molecular flexibility index (Phi) is 7.02. The van der Waals surface area contributed by atoms with Crippen molar-refractivity contribution < 1.29 is 17.9 Å². The lowest BCUT2D eigenvalue weighted by Crippen LogP contribution is -2.35. The van der Waals surface area contributed by atoms with E-state index in [9.17, 15) is 13.2 Å². The zero-order chi connectivity index (χ0) is 19.3. The Morgan fingerprint density at radius 2 is 1.69 bits per heavy atom. The molecule has 0 bridgehead atoms. The van der Waals surface area contributed by atoms with Crippen molar-refractivity contribution >= 4 is 44.8 Å². The molecule has 2 aromatic rings. The van der Waals surface area contributed by atoms with E-state index in [4.69, 9.17) is 27.9 Å². The van der Waals surface area contributed by atoms with Gasteiger partial charge in [0, 0.05) is 34.4 Å². The van der Waals surface area contributed by atoms with E-state index in [0.29, 0.717) is 21.3 Å². The second-order valence-corrected chi connectivity index (χ2v) is 8.20. The van der Waals surface area contributed by atoms with Gasteiger partial charge < -0.3 is 10.1 Å². The summed E-state index contributed by atoms with van der Waals surface area (Å²) < 4.78 is 31.9. The van der Waals surface area contributed by atoms with Crippen LogP contribution in [0, 0.1) is 0 Å². The van der Waals surface area contributed by atoms with E-state index < -0.39 is 15.9 Å². The van der Waals surface area contributed by atoms with E-state index in [2.05, 4.69) is 10.0 Å². The van der Waals surface area contributed by atoms with Gasteiger partial charge in [0.1, 0.15) is 0 Å². The van der Waals surface area contributed by atoms with Crippen LogP contribution in [-0.4, -0.2) is 34.1 Å². The third-order valence-corrected chi connectivity index (χ3v) is 5.36. The molecule has 0 unspecified atom stereocenters. The van der Waals surface area contributed by atoms with Gasteiger partial charge in [0.15, 0.2) is 0 Å². The van der Waals surface area contributed by atoms with Gasteiger partial charge in [-0.25, -0.2) is 13.1 Å². The third-order valence-electron chi connectivity index (χ3n) is 3.32. The standard InChI is InChI=1S/C17H18Cl2N2O4S/c1-11(10-25-2)21-26(23,24)16-5-3-12(4-6-16)17(22)20-15-8-13(18)7-14(19)9-15/h3-9,11,21H,10H2,1-2H3,(H,20,22)/t11-/m1/s1. The van der Waals surface area contributed by atoms with Crippen molar-refractivity contribution in [2.24, 2.45) is 0 Å². The molecule has 0 radical (unpaired) electrons. The topological polar surface area (TPSA) is 84.5 Å². The van der Waals surface area contributed by atoms with Crippen molar-refractivity contribution in [1.82, 2.24) is 4.72 Å². The summed E-state index contributed by atoms with van der Waals surface area (Å²) in [5, 5.41) is 3.45. The maximum Gasteiger partial charge on any atom is 0.255 e. The average Bonchev–Trinajstić information content (AvgIpc) is 2.53. The van der Waals surface area contributed by atoms with Crippen LogP contribution >= 0.6 is 23.2 Å². The van der Waals surface area contributed by atoms with E-state index in [0.717, 1.165) is 0 Å². The smallest absolute Gasteiger partial charge is 0.255 e. The second-order valence-electron chi connectivity index (χ2n) is 5.61. The Morgan fingerprint density at radius 3 is 2.23 bits per heavy atom. The lowest BCUT2D eigenvalue weighted by Gasteiger charge is -2.13. The first kappa shape index (κ1) is 20.7. The van der Waals surface area contributed by atoms with Crippen LogP contribution < -0.4 is 10.0 Å². The minimum absolute atomic E-state index is 0.0582. The molecule has 0 saturated carbocycles. The molecule has 26 heavy (non-hydrogen) atoms. The molecule has 0 aliphatic carbocycles. The van der Waals surface area contributed by atoms with Gasteiger partial charge in [-0.1, -0.05) is 23.2 Å². The van der Waals surface area contributed by atoms with Crippen molar-refractivity contribution in [2.45, 2.75) is 17.9 Å². The average molecular weight is 417 g/mol. The van der Waals surface area contributed by atoms with Gasteiger partial charge >= 0.3 is 0 Å². The Bertz CT molecular complexity index is 866. The van der Waals surface area contributed by atoms with Crippen LogP contribution in [0.5, 0.6) is 0 Å². The van der Waals surface area contributed by atoms with Gasteiger partial charge in [0.25, 0.3) is 5.91 Å². The summed E-state index contributed by atoms with van der Waals surface area (Å²) in [5.74, 6) is -0.409. The van der Waals surface area contributed by atoms with Gasteiger partial charge in [0.05, 0.1) is 11.5 Å². The Hall–Kier alpha value is -1.64. The molecule has 0 aromatic heterocycles. The number of amides is 1. The molecular weight excluding hydrogens is 399 g/mol. The minimum atomic E-state index is -3.69. The van der Waals surface area contributed by atoms with Crippen LogP contribution in [0.1, 0.15) is 17.3 Å². The van der Waals surface area contributed by atoms with Crippen LogP contribution in [0.2, 0.25) is 10.0 Å². The summed E-state index contributed by atoms with van der Waals surface area (Å²) in [4.78, 5) is 12.3. The molecule has 0 aliphatic heterocycles. The van der Waals surface area contributed by atoms with Crippen molar-refractivity contribution in [2.75, 3.05) is 19.0 Å². The number of halogens is 2. The number of benzene rings is 2. The molecule has 0 heterocycles. The van der Waals surface area contributed by atoms with Crippen molar-refractivity contribution in [3.63, 3.8) is 0 Å². The first-order valence-corrected chi connectivity index (χ1v) is 9.84. The number of hydrogen-bond donors (Lipinski definition) is 2. The van der Waals surface area contributed by atoms with Crippen LogP contribution in [-0.2, 0) is 14.8 Å². The van der Waals surface area contributed by atoms with Crippen molar-refractivity contribution in [3.05, 3.63) is 58.1 Å². The molecule has 2 rings (SSSR count). The summed E-state index contributed by atoms with van der Waals surface area (Å²) in [7, 11) is -2.20. The molecule has 1 amide bonds. The number of rotatable bonds is 7. The number of carbonyl (C=O) groups is 1. The number of sulfonamides is 1. The molecule has 9 heteroatoms. The fourth-order valence-corrected chi connectivity index (χ4v) is 3.99. The molecule has 0 saturated heterocycles. The lowest BCUT2D eigenvalue weighted by atomic mass is 10.2. The predicted molar refractivity (Wildman–Crippen MR) is 103 cm³/mol. The Labute approximate surface area is 162 Å². The normalized spacial score (nSPS) is 12.6. The Balaban J connectivity index is 2.12. The number of anilines is 1. The fourth-order valence-electron chi connectivity index (χ4n) is 2.23. The maximum atomic E-state index is 12.3. The lowest BCUT2D eigenvalue weighted by molar-refractivity contribution is 0.102. The maximum absolute atomic E-state index is 12.3. The SMILES string of the molecule is COC[C@@H](C)NS(=O)(=O)c1ccc(C(=O)Nc2cc(Cl)cc(Cl)c2)cc1. The number of methoxy groups -OCH3 is 1. The van der Waals surface area contributed by atoms with Gasteiger partial charge in [-0.2, -0.15) is 0 Å². The molecule has 2 aromatic carbocycles. The van der Waals surface area contributed by atoms with Crippen LogP contribution in [0.3, 0.4) is 0 Å². The quantitative estimate of drug-likeness (QED) is 0.722. The van der Waals surface area contributed by atoms with Crippen LogP contribution in [0.15, 0.2) is 47.4 Å². The van der Waals surface area contributed by atoms with Gasteiger partial charge in [-0.3, -0.25) is 4.79 Å². The van der Waals surface area contributed by atoms with Gasteiger partial charge in [-0.15, -0.1) is 0 Å². The molecule has 1 atom stereocenters. The van der Waals surface area contributed by atoms with Gasteiger partial charge in [0.2, 0.25) is 10.0 Å². The van der Waals surface area contributed by atoms with E-state index in [1.54, 1.807) is 25.1 Å². The first-order chi connectivity index (χ1) is 12.2.